The lowest BCUT2D eigenvalue weighted by atomic mass is 10.1. The molecule has 1 saturated carbocycles. The Labute approximate surface area is 326 Å². The molecular weight excluding hydrogens is 735 g/mol. The number of methoxy groups -OCH3 is 1. The first-order chi connectivity index (χ1) is 26.9. The van der Waals surface area contributed by atoms with Gasteiger partial charge in [0.25, 0.3) is 21.8 Å². The molecule has 13 nitrogen and oxygen atoms in total. The number of unbranched alkanes of at least 4 members (excludes halogenated alkanes) is 3. The van der Waals surface area contributed by atoms with E-state index < -0.39 is 51.3 Å². The van der Waals surface area contributed by atoms with Gasteiger partial charge in [-0.1, -0.05) is 68.7 Å². The van der Waals surface area contributed by atoms with Crippen LogP contribution in [0.5, 0.6) is 11.5 Å². The van der Waals surface area contributed by atoms with Gasteiger partial charge in [-0.3, -0.25) is 19.2 Å². The van der Waals surface area contributed by atoms with Gasteiger partial charge in [-0.2, -0.15) is 0 Å². The minimum absolute atomic E-state index is 0.0924. The number of amides is 4. The highest BCUT2D eigenvalue weighted by molar-refractivity contribution is 7.90. The third kappa shape index (κ3) is 8.70. The molecule has 3 aromatic carbocycles. The van der Waals surface area contributed by atoms with Crippen molar-refractivity contribution >= 4 is 44.6 Å². The summed E-state index contributed by atoms with van der Waals surface area (Å²) in [5.74, 6) is -1.81. The molecule has 4 amide bonds. The third-order valence-electron chi connectivity index (χ3n) is 10.3. The summed E-state index contributed by atoms with van der Waals surface area (Å²) in [5.41, 5.74) is 0.682. The molecule has 6 rings (SSSR count). The summed E-state index contributed by atoms with van der Waals surface area (Å²) >= 11 is 0. The van der Waals surface area contributed by atoms with Crippen LogP contribution in [0.4, 0.5) is 0 Å². The van der Waals surface area contributed by atoms with Crippen LogP contribution in [0.15, 0.2) is 96.4 Å². The van der Waals surface area contributed by atoms with E-state index in [1.807, 2.05) is 48.5 Å². The quantitative estimate of drug-likeness (QED) is 0.103. The normalized spacial score (nSPS) is 20.2. The molecule has 1 aromatic heterocycles. The Morgan fingerprint density at radius 1 is 1.00 bits per heavy atom. The number of hydrogen-bond donors (Lipinski definition) is 3. The van der Waals surface area contributed by atoms with E-state index in [2.05, 4.69) is 28.9 Å². The Kier molecular flexibility index (Phi) is 12.1. The summed E-state index contributed by atoms with van der Waals surface area (Å²) in [6.45, 7) is 7.77. The van der Waals surface area contributed by atoms with Crippen molar-refractivity contribution in [1.29, 1.82) is 0 Å². The lowest BCUT2D eigenvalue weighted by Crippen LogP contribution is -2.56. The molecule has 2 heterocycles. The zero-order chi connectivity index (χ0) is 40.0. The maximum Gasteiger partial charge on any atom is 0.264 e. The van der Waals surface area contributed by atoms with Gasteiger partial charge in [-0.15, -0.1) is 6.58 Å². The monoisotopic (exact) mass is 781 g/mol. The molecule has 0 radical (unpaired) electrons. The maximum absolute atomic E-state index is 14.0. The summed E-state index contributed by atoms with van der Waals surface area (Å²) in [5, 5.41) is 6.28. The number of benzene rings is 3. The fraction of sp³-hybridized carbons (Fsp3) is 0.357. The van der Waals surface area contributed by atoms with E-state index in [0.29, 0.717) is 34.6 Å². The fourth-order valence-electron chi connectivity index (χ4n) is 7.09. The Bertz CT molecular complexity index is 2250. The molecule has 0 bridgehead atoms. The topological polar surface area (TPSA) is 173 Å². The predicted molar refractivity (Wildman–Crippen MR) is 211 cm³/mol. The molecule has 14 heteroatoms. The van der Waals surface area contributed by atoms with Crippen LogP contribution in [0.3, 0.4) is 0 Å². The van der Waals surface area contributed by atoms with Gasteiger partial charge in [-0.25, -0.2) is 18.1 Å². The predicted octanol–water partition coefficient (Wildman–Crippen LogP) is 5.15. The van der Waals surface area contributed by atoms with Gasteiger partial charge in [0.1, 0.15) is 29.2 Å². The zero-order valence-electron chi connectivity index (χ0n) is 31.7. The molecule has 4 atom stereocenters. The van der Waals surface area contributed by atoms with Crippen LogP contribution in [-0.2, 0) is 24.4 Å². The van der Waals surface area contributed by atoms with Gasteiger partial charge in [0.15, 0.2) is 0 Å². The van der Waals surface area contributed by atoms with Crippen molar-refractivity contribution in [3.63, 3.8) is 0 Å². The SMILES string of the molecule is C=C[C@@H]1C[C@]1(NC(=O)[C@@H]1C[C@@H](Oc2cc(-c3ccccc3)nc3cc(OC)ccc23)CN1C(C)=O)C(=O)NS(=O)(=O)c1cccc(C(=O)NCCCCCC)c1. The molecule has 3 N–H and O–H groups in total. The molecule has 2 fully saturated rings. The molecular formula is C42H47N5O8S. The summed E-state index contributed by atoms with van der Waals surface area (Å²) in [6, 6.07) is 21.3. The molecule has 294 valence electrons. The average Bonchev–Trinajstić information content (AvgIpc) is 3.75. The van der Waals surface area contributed by atoms with Crippen molar-refractivity contribution in [2.75, 3.05) is 20.2 Å². The van der Waals surface area contributed by atoms with Crippen molar-refractivity contribution in [2.24, 2.45) is 5.92 Å². The van der Waals surface area contributed by atoms with Gasteiger partial charge in [0, 0.05) is 54.5 Å². The highest BCUT2D eigenvalue weighted by atomic mass is 32.2. The van der Waals surface area contributed by atoms with Gasteiger partial charge in [0.05, 0.1) is 29.8 Å². The van der Waals surface area contributed by atoms with Gasteiger partial charge >= 0.3 is 0 Å². The summed E-state index contributed by atoms with van der Waals surface area (Å²) in [6.07, 6.45) is 4.97. The van der Waals surface area contributed by atoms with Crippen LogP contribution >= 0.6 is 0 Å². The van der Waals surface area contributed by atoms with Crippen LogP contribution in [-0.4, -0.2) is 79.8 Å². The van der Waals surface area contributed by atoms with Crippen molar-refractivity contribution in [2.45, 2.75) is 75.0 Å². The first kappa shape index (κ1) is 39.9. The largest absolute Gasteiger partial charge is 0.497 e. The molecule has 1 saturated heterocycles. The number of likely N-dealkylation sites (tertiary alicyclic amines) is 1. The number of carbonyl (C=O) groups is 4. The second kappa shape index (κ2) is 16.9. The molecule has 56 heavy (non-hydrogen) atoms. The Hall–Kier alpha value is -5.76. The Balaban J connectivity index is 1.17. The van der Waals surface area contributed by atoms with E-state index in [0.717, 1.165) is 31.2 Å². The lowest BCUT2D eigenvalue weighted by molar-refractivity contribution is -0.138. The number of hydrogen-bond acceptors (Lipinski definition) is 9. The number of fused-ring (bicyclic) bond motifs is 1. The molecule has 4 aromatic rings. The van der Waals surface area contributed by atoms with E-state index in [9.17, 15) is 27.6 Å². The Morgan fingerprint density at radius 3 is 2.48 bits per heavy atom. The van der Waals surface area contributed by atoms with Crippen LogP contribution < -0.4 is 24.8 Å². The summed E-state index contributed by atoms with van der Waals surface area (Å²) < 4.78 is 41.0. The van der Waals surface area contributed by atoms with Crippen LogP contribution in [0.1, 0.15) is 62.7 Å². The van der Waals surface area contributed by atoms with Crippen molar-refractivity contribution in [3.8, 4) is 22.8 Å². The van der Waals surface area contributed by atoms with Gasteiger partial charge in [-0.05, 0) is 43.2 Å². The average molecular weight is 782 g/mol. The number of nitrogens with zero attached hydrogens (tertiary/aromatic N) is 2. The second-order valence-electron chi connectivity index (χ2n) is 14.2. The van der Waals surface area contributed by atoms with Crippen LogP contribution in [0.2, 0.25) is 0 Å². The van der Waals surface area contributed by atoms with E-state index in [-0.39, 0.29) is 35.8 Å². The van der Waals surface area contributed by atoms with Gasteiger partial charge in [0.2, 0.25) is 11.8 Å². The standard InChI is InChI=1S/C42H47N5O8S/c1-5-7-8-12-20-43-39(49)29-16-13-17-33(21-29)56(52,53)46-41(51)42(25-30(42)6-2)45-40(50)37-23-32(26-47(37)27(3)48)55-38-24-35(28-14-10-9-11-15-28)44-36-22-31(54-4)18-19-34(36)38/h6,9-11,13-19,21-22,24,30,32,37H,2,5,7-8,12,20,23,25-26H2,1,3-4H3,(H,43,49)(H,45,50)(H,46,51)/t30-,32-,37+,42-/m1/s1. The molecule has 2 aliphatic rings. The second-order valence-corrected chi connectivity index (χ2v) is 15.9. The van der Waals surface area contributed by atoms with Gasteiger partial charge < -0.3 is 25.0 Å². The van der Waals surface area contributed by atoms with Crippen LogP contribution in [0, 0.1) is 5.92 Å². The highest BCUT2D eigenvalue weighted by Gasteiger charge is 2.61. The smallest absolute Gasteiger partial charge is 0.264 e. The van der Waals surface area contributed by atoms with E-state index in [4.69, 9.17) is 14.5 Å². The van der Waals surface area contributed by atoms with Crippen molar-refractivity contribution in [1.82, 2.24) is 25.2 Å². The molecule has 0 spiro atoms. The lowest BCUT2D eigenvalue weighted by Gasteiger charge is -2.25. The van der Waals surface area contributed by atoms with E-state index >= 15 is 0 Å². The number of carbonyl (C=O) groups excluding carboxylic acids is 4. The number of ether oxygens (including phenoxy) is 2. The summed E-state index contributed by atoms with van der Waals surface area (Å²) in [7, 11) is -2.88. The number of rotatable bonds is 16. The first-order valence-electron chi connectivity index (χ1n) is 18.8. The van der Waals surface area contributed by atoms with E-state index in [1.54, 1.807) is 13.2 Å². The Morgan fingerprint density at radius 2 is 1.79 bits per heavy atom. The fourth-order valence-corrected chi connectivity index (χ4v) is 8.17. The maximum atomic E-state index is 14.0. The van der Waals surface area contributed by atoms with E-state index in [1.165, 1.54) is 42.2 Å². The molecule has 1 aliphatic heterocycles. The number of aromatic nitrogens is 1. The van der Waals surface area contributed by atoms with Crippen LogP contribution in [0.25, 0.3) is 22.2 Å². The number of pyridine rings is 1. The highest BCUT2D eigenvalue weighted by Crippen LogP contribution is 2.45. The summed E-state index contributed by atoms with van der Waals surface area (Å²) in [4.78, 5) is 59.4. The zero-order valence-corrected chi connectivity index (χ0v) is 32.6. The minimum atomic E-state index is -4.45. The third-order valence-corrected chi connectivity index (χ3v) is 11.6. The number of nitrogens with one attached hydrogen (secondary N) is 3. The van der Waals surface area contributed by atoms with Crippen molar-refractivity contribution in [3.05, 3.63) is 97.1 Å². The molecule has 1 aliphatic carbocycles. The molecule has 0 unspecified atom stereocenters. The first-order valence-corrected chi connectivity index (χ1v) is 20.3. The minimum Gasteiger partial charge on any atom is -0.497 e. The number of sulfonamides is 1. The van der Waals surface area contributed by atoms with Crippen molar-refractivity contribution < 1.29 is 37.1 Å².